The molecule has 6 heteroatoms. The maximum Gasteiger partial charge on any atom is 0.337 e. The number of rotatable bonds is 2. The van der Waals surface area contributed by atoms with Gasteiger partial charge in [-0.05, 0) is 31.0 Å². The van der Waals surface area contributed by atoms with Gasteiger partial charge in [0.15, 0.2) is 0 Å². The molecule has 1 aliphatic heterocycles. The number of benzene rings is 1. The summed E-state index contributed by atoms with van der Waals surface area (Å²) in [4.78, 5) is 37.0. The Balaban J connectivity index is 1.97. The van der Waals surface area contributed by atoms with Gasteiger partial charge in [-0.25, -0.2) is 4.79 Å². The summed E-state index contributed by atoms with van der Waals surface area (Å²) in [6.45, 7) is 0. The number of hydrogen-bond donors (Lipinski definition) is 1. The van der Waals surface area contributed by atoms with E-state index < -0.39 is 5.97 Å². The first-order chi connectivity index (χ1) is 10.0. The van der Waals surface area contributed by atoms with Crippen molar-refractivity contribution in [3.8, 4) is 0 Å². The summed E-state index contributed by atoms with van der Waals surface area (Å²) >= 11 is 5.92. The van der Waals surface area contributed by atoms with Crippen LogP contribution in [-0.4, -0.2) is 22.9 Å². The van der Waals surface area contributed by atoms with E-state index in [1.807, 2.05) is 0 Å². The number of halogens is 1. The summed E-state index contributed by atoms with van der Waals surface area (Å²) < 4.78 is 0. The van der Waals surface area contributed by atoms with E-state index in [0.29, 0.717) is 5.69 Å². The Labute approximate surface area is 126 Å². The molecule has 3 rings (SSSR count). The van der Waals surface area contributed by atoms with Crippen molar-refractivity contribution in [3.63, 3.8) is 0 Å². The van der Waals surface area contributed by atoms with Crippen LogP contribution in [0.2, 0.25) is 5.02 Å². The Morgan fingerprint density at radius 3 is 2.19 bits per heavy atom. The summed E-state index contributed by atoms with van der Waals surface area (Å²) in [5.41, 5.74) is 0.311. The number of anilines is 1. The zero-order valence-electron chi connectivity index (χ0n) is 11.2. The topological polar surface area (TPSA) is 74.7 Å². The van der Waals surface area contributed by atoms with Crippen molar-refractivity contribution in [1.82, 2.24) is 0 Å². The summed E-state index contributed by atoms with van der Waals surface area (Å²) in [5, 5.41) is 8.99. The fourth-order valence-corrected chi connectivity index (χ4v) is 3.49. The summed E-state index contributed by atoms with van der Waals surface area (Å²) in [7, 11) is 0. The van der Waals surface area contributed by atoms with E-state index >= 15 is 0 Å². The smallest absolute Gasteiger partial charge is 0.337 e. The number of hydrogen-bond acceptors (Lipinski definition) is 3. The van der Waals surface area contributed by atoms with E-state index in [9.17, 15) is 14.4 Å². The maximum atomic E-state index is 12.4. The lowest BCUT2D eigenvalue weighted by atomic mass is 9.81. The van der Waals surface area contributed by atoms with Crippen molar-refractivity contribution in [1.29, 1.82) is 0 Å². The summed E-state index contributed by atoms with van der Waals surface area (Å²) in [6, 6.07) is 4.16. The van der Waals surface area contributed by atoms with Gasteiger partial charge in [-0.2, -0.15) is 0 Å². The first-order valence-electron chi connectivity index (χ1n) is 6.91. The van der Waals surface area contributed by atoms with Gasteiger partial charge in [-0.1, -0.05) is 24.4 Å². The van der Waals surface area contributed by atoms with Crippen molar-refractivity contribution in [2.24, 2.45) is 11.8 Å². The predicted octanol–water partition coefficient (Wildman–Crippen LogP) is 2.72. The van der Waals surface area contributed by atoms with Crippen LogP contribution in [0.1, 0.15) is 36.0 Å². The molecule has 2 aliphatic rings. The minimum atomic E-state index is -1.14. The molecule has 5 nitrogen and oxygen atoms in total. The van der Waals surface area contributed by atoms with Crippen molar-refractivity contribution in [2.45, 2.75) is 25.7 Å². The fourth-order valence-electron chi connectivity index (χ4n) is 3.23. The molecule has 110 valence electrons. The van der Waals surface area contributed by atoms with E-state index in [-0.39, 0.29) is 34.2 Å². The predicted molar refractivity (Wildman–Crippen MR) is 76.4 cm³/mol. The normalized spacial score (nSPS) is 25.1. The van der Waals surface area contributed by atoms with Gasteiger partial charge in [0.05, 0.1) is 28.1 Å². The minimum Gasteiger partial charge on any atom is -0.478 e. The zero-order chi connectivity index (χ0) is 15.1. The van der Waals surface area contributed by atoms with Crippen LogP contribution in [0.4, 0.5) is 5.69 Å². The van der Waals surface area contributed by atoms with Gasteiger partial charge in [-0.15, -0.1) is 0 Å². The van der Waals surface area contributed by atoms with Gasteiger partial charge in [0.25, 0.3) is 0 Å². The second-order valence-corrected chi connectivity index (χ2v) is 5.89. The molecule has 1 N–H and O–H groups in total. The number of carboxylic acids is 1. The minimum absolute atomic E-state index is 0.0236. The molecule has 1 heterocycles. The van der Waals surface area contributed by atoms with Crippen molar-refractivity contribution in [2.75, 3.05) is 4.90 Å². The number of nitrogens with zero attached hydrogens (tertiary/aromatic N) is 1. The molecular formula is C15H14ClNO4. The summed E-state index contributed by atoms with van der Waals surface area (Å²) in [6.07, 6.45) is 3.42. The fraction of sp³-hybridized carbons (Fsp3) is 0.400. The Morgan fingerprint density at radius 1 is 1.14 bits per heavy atom. The summed E-state index contributed by atoms with van der Waals surface area (Å²) in [5.74, 6) is -1.99. The number of imide groups is 1. The van der Waals surface area contributed by atoms with Crippen LogP contribution in [0, 0.1) is 11.8 Å². The monoisotopic (exact) mass is 307 g/mol. The van der Waals surface area contributed by atoms with Gasteiger partial charge < -0.3 is 5.11 Å². The second-order valence-electron chi connectivity index (χ2n) is 5.48. The van der Waals surface area contributed by atoms with Gasteiger partial charge in [0.1, 0.15) is 0 Å². The molecule has 2 unspecified atom stereocenters. The van der Waals surface area contributed by atoms with Crippen LogP contribution in [0.3, 0.4) is 0 Å². The molecule has 2 fully saturated rings. The van der Waals surface area contributed by atoms with Crippen molar-refractivity contribution in [3.05, 3.63) is 28.8 Å². The zero-order valence-corrected chi connectivity index (χ0v) is 12.0. The standard InChI is InChI=1S/C15H14ClNO4/c16-12-7-8(5-6-11(12)15(20)21)17-13(18)9-3-1-2-4-10(9)14(17)19/h5-7,9-10H,1-4H2,(H,20,21). The van der Waals surface area contributed by atoms with Crippen molar-refractivity contribution < 1.29 is 19.5 Å². The highest BCUT2D eigenvalue weighted by Crippen LogP contribution is 2.40. The first kappa shape index (κ1) is 14.1. The average molecular weight is 308 g/mol. The largest absolute Gasteiger partial charge is 0.478 e. The Bertz CT molecular complexity index is 619. The van der Waals surface area contributed by atoms with Crippen LogP contribution in [-0.2, 0) is 9.59 Å². The van der Waals surface area contributed by atoms with Crippen LogP contribution in [0.15, 0.2) is 18.2 Å². The number of aromatic carboxylic acids is 1. The van der Waals surface area contributed by atoms with Gasteiger partial charge in [-0.3, -0.25) is 14.5 Å². The molecule has 2 amide bonds. The molecule has 1 aromatic carbocycles. The van der Waals surface area contributed by atoms with Crippen molar-refractivity contribution >= 4 is 35.1 Å². The molecular weight excluding hydrogens is 294 g/mol. The quantitative estimate of drug-likeness (QED) is 0.852. The number of carbonyl (C=O) groups excluding carboxylic acids is 2. The molecule has 0 spiro atoms. The average Bonchev–Trinajstić information content (AvgIpc) is 2.71. The molecule has 0 bridgehead atoms. The number of amides is 2. The molecule has 1 saturated heterocycles. The maximum absolute atomic E-state index is 12.4. The van der Waals surface area contributed by atoms with Crippen LogP contribution >= 0.6 is 11.6 Å². The van der Waals surface area contributed by atoms with Crippen LogP contribution in [0.5, 0.6) is 0 Å². The number of carboxylic acid groups (broad SMARTS) is 1. The third-order valence-corrected chi connectivity index (χ3v) is 4.60. The SMILES string of the molecule is O=C(O)c1ccc(N2C(=O)C3CCCCC3C2=O)cc1Cl. The van der Waals surface area contributed by atoms with Gasteiger partial charge in [0.2, 0.25) is 11.8 Å². The Kier molecular flexibility index (Phi) is 3.45. The molecule has 1 aliphatic carbocycles. The lowest BCUT2D eigenvalue weighted by Gasteiger charge is -2.19. The molecule has 2 atom stereocenters. The molecule has 1 saturated carbocycles. The highest BCUT2D eigenvalue weighted by atomic mass is 35.5. The van der Waals surface area contributed by atoms with E-state index in [0.717, 1.165) is 30.6 Å². The Morgan fingerprint density at radius 2 is 1.71 bits per heavy atom. The number of fused-ring (bicyclic) bond motifs is 1. The third kappa shape index (κ3) is 2.21. The lowest BCUT2D eigenvalue weighted by molar-refractivity contribution is -0.122. The molecule has 21 heavy (non-hydrogen) atoms. The Hall–Kier alpha value is -1.88. The van der Waals surface area contributed by atoms with Gasteiger partial charge in [0, 0.05) is 0 Å². The molecule has 0 aromatic heterocycles. The number of carbonyl (C=O) groups is 3. The van der Waals surface area contributed by atoms with E-state index in [1.165, 1.54) is 18.2 Å². The third-order valence-electron chi connectivity index (χ3n) is 4.28. The van der Waals surface area contributed by atoms with E-state index in [2.05, 4.69) is 0 Å². The highest BCUT2D eigenvalue weighted by Gasteiger charge is 2.48. The van der Waals surface area contributed by atoms with Gasteiger partial charge >= 0.3 is 5.97 Å². The van der Waals surface area contributed by atoms with Crippen LogP contribution in [0.25, 0.3) is 0 Å². The van der Waals surface area contributed by atoms with E-state index in [4.69, 9.17) is 16.7 Å². The first-order valence-corrected chi connectivity index (χ1v) is 7.29. The lowest BCUT2D eigenvalue weighted by Crippen LogP contribution is -2.30. The molecule has 1 aromatic rings. The van der Waals surface area contributed by atoms with E-state index in [1.54, 1.807) is 0 Å². The second kappa shape index (κ2) is 5.15. The molecule has 0 radical (unpaired) electrons. The van der Waals surface area contributed by atoms with Crippen LogP contribution < -0.4 is 4.90 Å². The highest BCUT2D eigenvalue weighted by molar-refractivity contribution is 6.34.